The monoisotopic (exact) mass is 439 g/mol. The minimum Gasteiger partial charge on any atom is -0.387 e. The molecule has 3 aliphatic rings. The Morgan fingerprint density at radius 1 is 1.29 bits per heavy atom. The summed E-state index contributed by atoms with van der Waals surface area (Å²) in [5.41, 5.74) is -0.572. The molecule has 1 saturated carbocycles. The van der Waals surface area contributed by atoms with Gasteiger partial charge in [-0.15, -0.1) is 0 Å². The Morgan fingerprint density at radius 2 is 2.00 bits per heavy atom. The molecule has 0 aromatic carbocycles. The van der Waals surface area contributed by atoms with Gasteiger partial charge in [0, 0.05) is 30.6 Å². The Hall–Kier alpha value is -2.16. The van der Waals surface area contributed by atoms with Crippen LogP contribution in [0.15, 0.2) is 18.3 Å². The SMILES string of the molecule is C[C@H](CC(F)(F)F)C(=O)N1CCC(O)(CN2Cc3ncccc3C2=O)C2(CCCC2)C1. The number of halogens is 3. The first-order valence-electron chi connectivity index (χ1n) is 10.8. The molecule has 1 spiro atoms. The number of pyridine rings is 1. The predicted octanol–water partition coefficient (Wildman–Crippen LogP) is 3.15. The van der Waals surface area contributed by atoms with E-state index in [2.05, 4.69) is 4.98 Å². The zero-order chi connectivity index (χ0) is 22.4. The molecule has 9 heteroatoms. The van der Waals surface area contributed by atoms with Crippen molar-refractivity contribution >= 4 is 11.8 Å². The van der Waals surface area contributed by atoms with Gasteiger partial charge < -0.3 is 14.9 Å². The topological polar surface area (TPSA) is 73.7 Å². The molecule has 1 saturated heterocycles. The lowest BCUT2D eigenvalue weighted by Gasteiger charge is -2.53. The summed E-state index contributed by atoms with van der Waals surface area (Å²) in [5, 5.41) is 11.8. The van der Waals surface area contributed by atoms with Crippen LogP contribution >= 0.6 is 0 Å². The Labute approximate surface area is 179 Å². The number of aliphatic hydroxyl groups is 1. The number of β-amino-alcohol motifs (C(OH)–C–C–N with tert-alkyl or cyclic N) is 1. The highest BCUT2D eigenvalue weighted by atomic mass is 19.4. The van der Waals surface area contributed by atoms with Crippen molar-refractivity contribution in [3.05, 3.63) is 29.6 Å². The molecule has 31 heavy (non-hydrogen) atoms. The lowest BCUT2D eigenvalue weighted by molar-refractivity contribution is -0.172. The van der Waals surface area contributed by atoms with Gasteiger partial charge in [0.1, 0.15) is 0 Å². The number of nitrogens with zero attached hydrogens (tertiary/aromatic N) is 3. The van der Waals surface area contributed by atoms with Crippen molar-refractivity contribution in [2.24, 2.45) is 11.3 Å². The molecule has 4 rings (SSSR count). The molecule has 2 amide bonds. The molecule has 1 N–H and O–H groups in total. The van der Waals surface area contributed by atoms with Gasteiger partial charge in [0.2, 0.25) is 5.91 Å². The molecule has 2 atom stereocenters. The van der Waals surface area contributed by atoms with E-state index in [-0.39, 0.29) is 32.0 Å². The van der Waals surface area contributed by atoms with E-state index in [4.69, 9.17) is 0 Å². The molecule has 1 aromatic rings. The van der Waals surface area contributed by atoms with Crippen molar-refractivity contribution in [3.8, 4) is 0 Å². The highest BCUT2D eigenvalue weighted by molar-refractivity contribution is 5.97. The van der Waals surface area contributed by atoms with Crippen LogP contribution in [0.25, 0.3) is 0 Å². The van der Waals surface area contributed by atoms with Crippen molar-refractivity contribution < 1.29 is 27.9 Å². The van der Waals surface area contributed by atoms with Crippen LogP contribution < -0.4 is 0 Å². The second-order valence-electron chi connectivity index (χ2n) is 9.41. The first-order chi connectivity index (χ1) is 14.5. The zero-order valence-corrected chi connectivity index (χ0v) is 17.6. The summed E-state index contributed by atoms with van der Waals surface area (Å²) in [7, 11) is 0. The Balaban J connectivity index is 1.51. The maximum Gasteiger partial charge on any atom is 0.389 e. The van der Waals surface area contributed by atoms with Gasteiger partial charge >= 0.3 is 6.18 Å². The van der Waals surface area contributed by atoms with E-state index in [0.29, 0.717) is 30.6 Å². The fraction of sp³-hybridized carbons (Fsp3) is 0.682. The van der Waals surface area contributed by atoms with Crippen LogP contribution in [0.4, 0.5) is 13.2 Å². The normalized spacial score (nSPS) is 26.4. The van der Waals surface area contributed by atoms with E-state index in [9.17, 15) is 27.9 Å². The third-order valence-corrected chi connectivity index (χ3v) is 7.31. The van der Waals surface area contributed by atoms with Gasteiger partial charge in [0.25, 0.3) is 5.91 Å². The number of hydrogen-bond acceptors (Lipinski definition) is 4. The van der Waals surface area contributed by atoms with Gasteiger partial charge in [-0.2, -0.15) is 13.2 Å². The molecule has 170 valence electrons. The second-order valence-corrected chi connectivity index (χ2v) is 9.41. The smallest absolute Gasteiger partial charge is 0.387 e. The molecule has 0 radical (unpaired) electrons. The van der Waals surface area contributed by atoms with Crippen LogP contribution in [-0.4, -0.2) is 63.1 Å². The van der Waals surface area contributed by atoms with Gasteiger partial charge in [0.15, 0.2) is 0 Å². The summed E-state index contributed by atoms with van der Waals surface area (Å²) in [6.07, 6.45) is -0.512. The number of aromatic nitrogens is 1. The standard InChI is InChI=1S/C22H28F3N3O3/c1-15(11-22(23,24)25)18(29)27-10-8-21(31,20(13-27)6-2-3-7-20)14-28-12-17-16(19(28)30)5-4-9-26-17/h4-5,9,15,31H,2-3,6-8,10-14H2,1H3/t15-,21?/m1/s1. The summed E-state index contributed by atoms with van der Waals surface area (Å²) in [6.45, 7) is 2.20. The molecule has 2 aliphatic heterocycles. The Bertz CT molecular complexity index is 869. The van der Waals surface area contributed by atoms with E-state index in [1.54, 1.807) is 23.2 Å². The van der Waals surface area contributed by atoms with Crippen LogP contribution in [0.2, 0.25) is 0 Å². The lowest BCUT2D eigenvalue weighted by atomic mass is 9.65. The molecule has 1 unspecified atom stereocenters. The predicted molar refractivity (Wildman–Crippen MR) is 106 cm³/mol. The average molecular weight is 439 g/mol. The quantitative estimate of drug-likeness (QED) is 0.782. The van der Waals surface area contributed by atoms with E-state index in [1.807, 2.05) is 0 Å². The van der Waals surface area contributed by atoms with Gasteiger partial charge in [0.05, 0.1) is 36.4 Å². The number of piperidine rings is 1. The van der Waals surface area contributed by atoms with Gasteiger partial charge in [-0.3, -0.25) is 14.6 Å². The molecular formula is C22H28F3N3O3. The van der Waals surface area contributed by atoms with Crippen LogP contribution in [0.5, 0.6) is 0 Å². The van der Waals surface area contributed by atoms with Gasteiger partial charge in [-0.05, 0) is 31.4 Å². The zero-order valence-electron chi connectivity index (χ0n) is 17.6. The number of amides is 2. The summed E-state index contributed by atoms with van der Waals surface area (Å²) in [5.74, 6) is -1.83. The van der Waals surface area contributed by atoms with Gasteiger partial charge in [-0.25, -0.2) is 0 Å². The third kappa shape index (κ3) is 4.04. The maximum atomic E-state index is 12.8. The number of hydrogen-bond donors (Lipinski definition) is 1. The molecular weight excluding hydrogens is 411 g/mol. The van der Waals surface area contributed by atoms with Crippen molar-refractivity contribution in [2.45, 2.75) is 63.8 Å². The summed E-state index contributed by atoms with van der Waals surface area (Å²) in [6, 6.07) is 3.43. The van der Waals surface area contributed by atoms with Crippen molar-refractivity contribution in [1.82, 2.24) is 14.8 Å². The Kier molecular flexibility index (Phi) is 5.52. The first kappa shape index (κ1) is 22.0. The number of fused-ring (bicyclic) bond motifs is 1. The van der Waals surface area contributed by atoms with E-state index < -0.39 is 35.4 Å². The lowest BCUT2D eigenvalue weighted by Crippen LogP contribution is -2.64. The average Bonchev–Trinajstić information content (AvgIpc) is 3.29. The van der Waals surface area contributed by atoms with Crippen LogP contribution in [-0.2, 0) is 11.3 Å². The molecule has 3 heterocycles. The summed E-state index contributed by atoms with van der Waals surface area (Å²) >= 11 is 0. The first-order valence-corrected chi connectivity index (χ1v) is 10.8. The minimum absolute atomic E-state index is 0.141. The minimum atomic E-state index is -4.39. The molecule has 1 aliphatic carbocycles. The second kappa shape index (κ2) is 7.76. The number of carbonyl (C=O) groups is 2. The maximum absolute atomic E-state index is 12.8. The highest BCUT2D eigenvalue weighted by Crippen LogP contribution is 2.52. The fourth-order valence-corrected chi connectivity index (χ4v) is 5.66. The molecule has 6 nitrogen and oxygen atoms in total. The van der Waals surface area contributed by atoms with Crippen LogP contribution in [0.3, 0.4) is 0 Å². The highest BCUT2D eigenvalue weighted by Gasteiger charge is 2.57. The summed E-state index contributed by atoms with van der Waals surface area (Å²) < 4.78 is 38.3. The number of likely N-dealkylation sites (tertiary alicyclic amines) is 1. The van der Waals surface area contributed by atoms with Crippen molar-refractivity contribution in [1.29, 1.82) is 0 Å². The van der Waals surface area contributed by atoms with E-state index in [1.165, 1.54) is 11.8 Å². The van der Waals surface area contributed by atoms with Crippen molar-refractivity contribution in [3.63, 3.8) is 0 Å². The van der Waals surface area contributed by atoms with Gasteiger partial charge in [-0.1, -0.05) is 19.8 Å². The largest absolute Gasteiger partial charge is 0.389 e. The molecule has 2 fully saturated rings. The van der Waals surface area contributed by atoms with Crippen LogP contribution in [0.1, 0.15) is 61.5 Å². The van der Waals surface area contributed by atoms with E-state index >= 15 is 0 Å². The number of carbonyl (C=O) groups excluding carboxylic acids is 2. The fourth-order valence-electron chi connectivity index (χ4n) is 5.66. The third-order valence-electron chi connectivity index (χ3n) is 7.31. The summed E-state index contributed by atoms with van der Waals surface area (Å²) in [4.78, 5) is 32.9. The van der Waals surface area contributed by atoms with Crippen molar-refractivity contribution in [2.75, 3.05) is 19.6 Å². The molecule has 1 aromatic heterocycles. The number of rotatable bonds is 4. The molecule has 0 bridgehead atoms. The Morgan fingerprint density at radius 3 is 2.65 bits per heavy atom. The van der Waals surface area contributed by atoms with E-state index in [0.717, 1.165) is 12.8 Å². The number of alkyl halides is 3. The van der Waals surface area contributed by atoms with Crippen LogP contribution in [0, 0.1) is 11.3 Å².